The molecule has 2 aromatic carbocycles. The molecule has 0 aromatic heterocycles. The molecular formula is C24H30BrN3O3S. The van der Waals surface area contributed by atoms with Crippen molar-refractivity contribution >= 4 is 44.7 Å². The summed E-state index contributed by atoms with van der Waals surface area (Å²) in [6.07, 6.45) is 0. The van der Waals surface area contributed by atoms with Crippen LogP contribution in [0.2, 0.25) is 0 Å². The first kappa shape index (κ1) is 24.5. The minimum atomic E-state index is -0.228. The summed E-state index contributed by atoms with van der Waals surface area (Å²) in [5.41, 5.74) is 3.69. The zero-order chi connectivity index (χ0) is 23.3. The molecule has 1 N–H and O–H groups in total. The highest BCUT2D eigenvalue weighted by molar-refractivity contribution is 9.10. The number of halogens is 1. The van der Waals surface area contributed by atoms with Gasteiger partial charge in [-0.1, -0.05) is 35.1 Å². The highest BCUT2D eigenvalue weighted by atomic mass is 79.9. The molecule has 0 saturated carbocycles. The lowest BCUT2D eigenvalue weighted by atomic mass is 10.1. The maximum Gasteiger partial charge on any atom is 0.262 e. The molecule has 0 aliphatic carbocycles. The van der Waals surface area contributed by atoms with Gasteiger partial charge in [-0.05, 0) is 61.9 Å². The van der Waals surface area contributed by atoms with Crippen molar-refractivity contribution in [2.75, 3.05) is 51.8 Å². The molecule has 0 spiro atoms. The summed E-state index contributed by atoms with van der Waals surface area (Å²) in [6, 6.07) is 9.55. The van der Waals surface area contributed by atoms with Gasteiger partial charge in [0.05, 0.1) is 7.11 Å². The molecular weight excluding hydrogens is 490 g/mol. The van der Waals surface area contributed by atoms with Crippen molar-refractivity contribution in [2.24, 2.45) is 0 Å². The van der Waals surface area contributed by atoms with E-state index in [1.807, 2.05) is 44.2 Å². The van der Waals surface area contributed by atoms with Gasteiger partial charge in [-0.2, -0.15) is 0 Å². The lowest BCUT2D eigenvalue weighted by Gasteiger charge is -2.35. The van der Waals surface area contributed by atoms with Crippen LogP contribution in [0.15, 0.2) is 34.8 Å². The molecule has 1 aliphatic heterocycles. The lowest BCUT2D eigenvalue weighted by Crippen LogP contribution is -2.48. The Kier molecular flexibility index (Phi) is 8.51. The maximum absolute atomic E-state index is 12.5. The van der Waals surface area contributed by atoms with Crippen LogP contribution in [0.4, 0.5) is 5.69 Å². The second-order valence-electron chi connectivity index (χ2n) is 7.84. The van der Waals surface area contributed by atoms with E-state index in [0.29, 0.717) is 11.5 Å². The standard InChI is InChI=1S/C24H30BrN3O3S/c1-5-27-8-10-28(11-9-27)24(32)18-6-7-20(21(14-18)30-4)31-15-22(29)26-23-16(2)12-19(25)13-17(23)3/h6-7,12-14H,5,8-11,15H2,1-4H3,(H,26,29). The molecule has 0 unspecified atom stereocenters. The number of benzene rings is 2. The summed E-state index contributed by atoms with van der Waals surface area (Å²) >= 11 is 9.19. The number of amides is 1. The molecule has 1 saturated heterocycles. The minimum Gasteiger partial charge on any atom is -0.493 e. The van der Waals surface area contributed by atoms with Crippen LogP contribution in [0.1, 0.15) is 23.6 Å². The molecule has 3 rings (SSSR count). The largest absolute Gasteiger partial charge is 0.493 e. The van der Waals surface area contributed by atoms with Gasteiger partial charge >= 0.3 is 0 Å². The van der Waals surface area contributed by atoms with Crippen molar-refractivity contribution in [1.29, 1.82) is 0 Å². The molecule has 32 heavy (non-hydrogen) atoms. The van der Waals surface area contributed by atoms with Gasteiger partial charge < -0.3 is 24.6 Å². The molecule has 172 valence electrons. The molecule has 1 heterocycles. The monoisotopic (exact) mass is 519 g/mol. The average Bonchev–Trinajstić information content (AvgIpc) is 2.79. The first-order valence-corrected chi connectivity index (χ1v) is 11.9. The quantitative estimate of drug-likeness (QED) is 0.547. The number of hydrogen-bond acceptors (Lipinski definition) is 5. The Morgan fingerprint density at radius 3 is 2.34 bits per heavy atom. The lowest BCUT2D eigenvalue weighted by molar-refractivity contribution is -0.118. The third kappa shape index (κ3) is 5.99. The van der Waals surface area contributed by atoms with Crippen molar-refractivity contribution in [3.8, 4) is 11.5 Å². The van der Waals surface area contributed by atoms with Gasteiger partial charge in [0.1, 0.15) is 4.99 Å². The van der Waals surface area contributed by atoms with Crippen LogP contribution in [0.3, 0.4) is 0 Å². The molecule has 1 aliphatic rings. The summed E-state index contributed by atoms with van der Waals surface area (Å²) in [6.45, 7) is 10.9. The van der Waals surface area contributed by atoms with Crippen molar-refractivity contribution < 1.29 is 14.3 Å². The van der Waals surface area contributed by atoms with Gasteiger partial charge in [0.25, 0.3) is 5.91 Å². The number of methoxy groups -OCH3 is 1. The van der Waals surface area contributed by atoms with Crippen LogP contribution < -0.4 is 14.8 Å². The Morgan fingerprint density at radius 1 is 1.09 bits per heavy atom. The van der Waals surface area contributed by atoms with Crippen LogP contribution >= 0.6 is 28.1 Å². The Hall–Kier alpha value is -2.16. The fourth-order valence-electron chi connectivity index (χ4n) is 3.80. The third-order valence-electron chi connectivity index (χ3n) is 5.64. The van der Waals surface area contributed by atoms with Crippen LogP contribution in [0, 0.1) is 13.8 Å². The van der Waals surface area contributed by atoms with E-state index < -0.39 is 0 Å². The van der Waals surface area contributed by atoms with Crippen molar-refractivity contribution in [3.05, 3.63) is 51.5 Å². The average molecular weight is 520 g/mol. The molecule has 0 radical (unpaired) electrons. The number of aryl methyl sites for hydroxylation is 2. The van der Waals surface area contributed by atoms with E-state index in [-0.39, 0.29) is 12.5 Å². The van der Waals surface area contributed by atoms with Crippen LogP contribution in [0.25, 0.3) is 0 Å². The number of likely N-dealkylation sites (N-methyl/N-ethyl adjacent to an activating group) is 1. The van der Waals surface area contributed by atoms with Crippen LogP contribution in [-0.2, 0) is 4.79 Å². The number of rotatable bonds is 7. The Morgan fingerprint density at radius 2 is 1.75 bits per heavy atom. The highest BCUT2D eigenvalue weighted by Gasteiger charge is 2.20. The van der Waals surface area contributed by atoms with Gasteiger partial charge in [-0.15, -0.1) is 0 Å². The second-order valence-corrected chi connectivity index (χ2v) is 9.15. The zero-order valence-corrected chi connectivity index (χ0v) is 21.4. The minimum absolute atomic E-state index is 0.117. The molecule has 1 amide bonds. The molecule has 2 aromatic rings. The van der Waals surface area contributed by atoms with Crippen molar-refractivity contribution in [3.63, 3.8) is 0 Å². The Labute approximate surface area is 204 Å². The molecule has 8 heteroatoms. The fraction of sp³-hybridized carbons (Fsp3) is 0.417. The van der Waals surface area contributed by atoms with E-state index in [9.17, 15) is 4.79 Å². The van der Waals surface area contributed by atoms with Crippen LogP contribution in [0.5, 0.6) is 11.5 Å². The number of carbonyl (C=O) groups is 1. The number of piperazine rings is 1. The molecule has 6 nitrogen and oxygen atoms in total. The summed E-state index contributed by atoms with van der Waals surface area (Å²) in [5.74, 6) is 0.837. The van der Waals surface area contributed by atoms with E-state index >= 15 is 0 Å². The van der Waals surface area contributed by atoms with E-state index in [0.717, 1.165) is 64.6 Å². The van der Waals surface area contributed by atoms with Gasteiger partial charge in [-0.25, -0.2) is 0 Å². The predicted octanol–water partition coefficient (Wildman–Crippen LogP) is 4.41. The number of thiocarbonyl (C=S) groups is 1. The third-order valence-corrected chi connectivity index (χ3v) is 6.59. The Bertz CT molecular complexity index is 967. The Balaban J connectivity index is 1.63. The first-order valence-electron chi connectivity index (χ1n) is 10.7. The second kappa shape index (κ2) is 11.1. The number of hydrogen-bond donors (Lipinski definition) is 1. The highest BCUT2D eigenvalue weighted by Crippen LogP contribution is 2.29. The molecule has 1 fully saturated rings. The first-order chi connectivity index (χ1) is 15.3. The van der Waals surface area contributed by atoms with Gasteiger partial charge in [0.2, 0.25) is 0 Å². The van der Waals surface area contributed by atoms with E-state index in [2.05, 4.69) is 38.0 Å². The number of anilines is 1. The molecule has 0 bridgehead atoms. The number of nitrogens with one attached hydrogen (secondary N) is 1. The van der Waals surface area contributed by atoms with Gasteiger partial charge in [-0.3, -0.25) is 4.79 Å². The number of nitrogens with zero attached hydrogens (tertiary/aromatic N) is 2. The number of ether oxygens (including phenoxy) is 2. The summed E-state index contributed by atoms with van der Waals surface area (Å²) in [7, 11) is 1.59. The summed E-state index contributed by atoms with van der Waals surface area (Å²) in [4.78, 5) is 17.9. The van der Waals surface area contributed by atoms with Crippen LogP contribution in [-0.4, -0.2) is 67.1 Å². The SMILES string of the molecule is CCN1CCN(C(=S)c2ccc(OCC(=O)Nc3c(C)cc(Br)cc3C)c(OC)c2)CC1. The number of carbonyl (C=O) groups excluding carboxylic acids is 1. The van der Waals surface area contributed by atoms with E-state index in [1.54, 1.807) is 7.11 Å². The van der Waals surface area contributed by atoms with Gasteiger partial charge in [0.15, 0.2) is 18.1 Å². The smallest absolute Gasteiger partial charge is 0.262 e. The maximum atomic E-state index is 12.5. The summed E-state index contributed by atoms with van der Waals surface area (Å²) < 4.78 is 12.3. The predicted molar refractivity (Wildman–Crippen MR) is 136 cm³/mol. The van der Waals surface area contributed by atoms with Crippen molar-refractivity contribution in [1.82, 2.24) is 9.80 Å². The van der Waals surface area contributed by atoms with Crippen molar-refractivity contribution in [2.45, 2.75) is 20.8 Å². The molecule has 0 atom stereocenters. The van der Waals surface area contributed by atoms with E-state index in [1.165, 1.54) is 0 Å². The summed E-state index contributed by atoms with van der Waals surface area (Å²) in [5, 5.41) is 2.94. The van der Waals surface area contributed by atoms with Gasteiger partial charge in [0, 0.05) is 41.9 Å². The van der Waals surface area contributed by atoms with E-state index in [4.69, 9.17) is 21.7 Å². The normalized spacial score (nSPS) is 14.2. The zero-order valence-electron chi connectivity index (χ0n) is 19.0. The topological polar surface area (TPSA) is 54.0 Å². The fourth-order valence-corrected chi connectivity index (χ4v) is 4.79.